The average Bonchev–Trinajstić information content (AvgIpc) is 3.65. The molecule has 0 unspecified atom stereocenters. The lowest BCUT2D eigenvalue weighted by Gasteiger charge is -2.15. The molecule has 0 spiro atoms. The Labute approximate surface area is 219 Å². The average molecular weight is 528 g/mol. The van der Waals surface area contributed by atoms with Crippen LogP contribution in [0.4, 0.5) is 13.2 Å². The van der Waals surface area contributed by atoms with Crippen LogP contribution in [-0.2, 0) is 6.54 Å². The van der Waals surface area contributed by atoms with Gasteiger partial charge in [-0.05, 0) is 35.4 Å². The Morgan fingerprint density at radius 3 is 2.62 bits per heavy atom. The van der Waals surface area contributed by atoms with Gasteiger partial charge in [0.25, 0.3) is 5.92 Å². The Kier molecular flexibility index (Phi) is 5.37. The van der Waals surface area contributed by atoms with Crippen molar-refractivity contribution >= 4 is 22.2 Å². The Morgan fingerprint density at radius 1 is 0.923 bits per heavy atom. The van der Waals surface area contributed by atoms with Gasteiger partial charge in [0.2, 0.25) is 0 Å². The highest BCUT2D eigenvalue weighted by molar-refractivity contribution is 5.96. The van der Waals surface area contributed by atoms with Gasteiger partial charge in [0.1, 0.15) is 17.0 Å². The molecule has 12 heteroatoms. The molecule has 0 atom stereocenters. The van der Waals surface area contributed by atoms with Gasteiger partial charge in [-0.15, -0.1) is 0 Å². The second-order valence-electron chi connectivity index (χ2n) is 9.56. The highest BCUT2D eigenvalue weighted by Gasteiger charge is 2.38. The number of hydrogen-bond acceptors (Lipinski definition) is 7. The Hall–Kier alpha value is -4.71. The summed E-state index contributed by atoms with van der Waals surface area (Å²) in [5.74, 6) is -2.89. The van der Waals surface area contributed by atoms with Gasteiger partial charge in [-0.2, -0.15) is 5.10 Å². The number of nitrogens with one attached hydrogen (secondary N) is 2. The van der Waals surface area contributed by atoms with E-state index >= 15 is 4.39 Å². The zero-order valence-electron chi connectivity index (χ0n) is 20.4. The smallest absolute Gasteiger partial charge is 0.261 e. The number of rotatable bonds is 5. The first-order chi connectivity index (χ1) is 18.9. The highest BCUT2D eigenvalue weighted by atomic mass is 19.3. The zero-order valence-corrected chi connectivity index (χ0v) is 20.4. The lowest BCUT2D eigenvalue weighted by molar-refractivity contribution is 0.0115. The van der Waals surface area contributed by atoms with E-state index in [1.165, 1.54) is 12.4 Å². The summed E-state index contributed by atoms with van der Waals surface area (Å²) in [6, 6.07) is 7.36. The van der Waals surface area contributed by atoms with Gasteiger partial charge in [-0.1, -0.05) is 0 Å². The van der Waals surface area contributed by atoms with Gasteiger partial charge in [0, 0.05) is 73.4 Å². The number of fused-ring (bicyclic) bond motifs is 2. The fourth-order valence-electron chi connectivity index (χ4n) is 5.04. The predicted octanol–water partition coefficient (Wildman–Crippen LogP) is 5.00. The summed E-state index contributed by atoms with van der Waals surface area (Å²) >= 11 is 0. The van der Waals surface area contributed by atoms with Gasteiger partial charge in [-0.25, -0.2) is 28.1 Å². The van der Waals surface area contributed by atoms with E-state index in [-0.39, 0.29) is 35.3 Å². The topological polar surface area (TPSA) is 112 Å². The van der Waals surface area contributed by atoms with Crippen LogP contribution in [0.2, 0.25) is 0 Å². The zero-order chi connectivity index (χ0) is 26.6. The molecule has 7 rings (SSSR count). The molecule has 9 nitrogen and oxygen atoms in total. The normalized spacial score (nSPS) is 15.5. The van der Waals surface area contributed by atoms with Crippen LogP contribution in [0, 0.1) is 5.82 Å². The maximum atomic E-state index is 16.1. The lowest BCUT2D eigenvalue weighted by atomic mass is 10.0. The number of likely N-dealkylation sites (tertiary alicyclic amines) is 1. The molecule has 6 aromatic rings. The molecule has 0 saturated carbocycles. The SMILES string of the molecule is Fc1c(-c2cncc(CN3CCC(F)(F)C3)c2)cnc2[nH]nc(-c3nc4c(-c5ccncc5)ccnc4[nH]3)c12. The molecule has 0 amide bonds. The number of halogens is 3. The van der Waals surface area contributed by atoms with E-state index in [1.54, 1.807) is 35.8 Å². The second-order valence-corrected chi connectivity index (χ2v) is 9.56. The third-order valence-corrected chi connectivity index (χ3v) is 6.89. The number of alkyl halides is 2. The van der Waals surface area contributed by atoms with Crippen molar-refractivity contribution in [3.63, 3.8) is 0 Å². The van der Waals surface area contributed by atoms with E-state index in [1.807, 2.05) is 18.2 Å². The number of aromatic nitrogens is 8. The van der Waals surface area contributed by atoms with Gasteiger partial charge >= 0.3 is 0 Å². The quantitative estimate of drug-likeness (QED) is 0.325. The van der Waals surface area contributed by atoms with Crippen LogP contribution in [-0.4, -0.2) is 64.0 Å². The van der Waals surface area contributed by atoms with Gasteiger partial charge < -0.3 is 4.98 Å². The van der Waals surface area contributed by atoms with Crippen LogP contribution in [0.15, 0.2) is 61.4 Å². The second kappa shape index (κ2) is 8.95. The van der Waals surface area contributed by atoms with Crippen molar-refractivity contribution < 1.29 is 13.2 Å². The first-order valence-electron chi connectivity index (χ1n) is 12.3. The highest BCUT2D eigenvalue weighted by Crippen LogP contribution is 2.34. The van der Waals surface area contributed by atoms with Crippen LogP contribution in [0.5, 0.6) is 0 Å². The number of nitrogens with zero attached hydrogens (tertiary/aromatic N) is 7. The number of pyridine rings is 4. The molecular weight excluding hydrogens is 507 g/mol. The van der Waals surface area contributed by atoms with E-state index in [0.717, 1.165) is 11.1 Å². The molecule has 0 aromatic carbocycles. The summed E-state index contributed by atoms with van der Waals surface area (Å²) < 4.78 is 43.3. The van der Waals surface area contributed by atoms with Crippen molar-refractivity contribution in [2.24, 2.45) is 0 Å². The van der Waals surface area contributed by atoms with Crippen molar-refractivity contribution in [3.8, 4) is 33.8 Å². The summed E-state index contributed by atoms with van der Waals surface area (Å²) in [7, 11) is 0. The largest absolute Gasteiger partial charge is 0.321 e. The lowest BCUT2D eigenvalue weighted by Crippen LogP contribution is -2.24. The maximum Gasteiger partial charge on any atom is 0.261 e. The van der Waals surface area contributed by atoms with E-state index in [2.05, 4.69) is 35.1 Å². The number of H-pyrrole nitrogens is 2. The van der Waals surface area contributed by atoms with Crippen molar-refractivity contribution in [2.45, 2.75) is 18.9 Å². The fraction of sp³-hybridized carbons (Fsp3) is 0.185. The van der Waals surface area contributed by atoms with Crippen LogP contribution in [0.25, 0.3) is 56.0 Å². The Bertz CT molecular complexity index is 1830. The molecule has 0 bridgehead atoms. The third kappa shape index (κ3) is 4.18. The molecule has 0 radical (unpaired) electrons. The molecule has 2 N–H and O–H groups in total. The van der Waals surface area contributed by atoms with Gasteiger partial charge in [-0.3, -0.25) is 20.0 Å². The summed E-state index contributed by atoms with van der Waals surface area (Å²) in [4.78, 5) is 26.6. The van der Waals surface area contributed by atoms with Crippen LogP contribution in [0.1, 0.15) is 12.0 Å². The predicted molar refractivity (Wildman–Crippen MR) is 138 cm³/mol. The molecule has 1 aliphatic heterocycles. The Morgan fingerprint density at radius 2 is 1.79 bits per heavy atom. The summed E-state index contributed by atoms with van der Waals surface area (Å²) in [5.41, 5.74) is 4.86. The van der Waals surface area contributed by atoms with Crippen LogP contribution in [0.3, 0.4) is 0 Å². The van der Waals surface area contributed by atoms with E-state index in [4.69, 9.17) is 4.98 Å². The van der Waals surface area contributed by atoms with Crippen molar-refractivity contribution in [1.29, 1.82) is 0 Å². The summed E-state index contributed by atoms with van der Waals surface area (Å²) in [5, 5.41) is 7.26. The number of hydrogen-bond donors (Lipinski definition) is 2. The minimum absolute atomic E-state index is 0.167. The molecule has 0 aliphatic carbocycles. The third-order valence-electron chi connectivity index (χ3n) is 6.89. The summed E-state index contributed by atoms with van der Waals surface area (Å²) in [6.07, 6.45) is 9.44. The van der Waals surface area contributed by atoms with Gasteiger partial charge in [0.05, 0.1) is 11.9 Å². The number of imidazole rings is 1. The van der Waals surface area contributed by atoms with Crippen molar-refractivity contribution in [3.05, 3.63) is 72.8 Å². The molecule has 6 aromatic heterocycles. The first-order valence-corrected chi connectivity index (χ1v) is 12.3. The molecule has 7 heterocycles. The van der Waals surface area contributed by atoms with E-state index in [0.29, 0.717) is 41.2 Å². The molecule has 39 heavy (non-hydrogen) atoms. The maximum absolute atomic E-state index is 16.1. The van der Waals surface area contributed by atoms with E-state index in [9.17, 15) is 8.78 Å². The summed E-state index contributed by atoms with van der Waals surface area (Å²) in [6.45, 7) is 0.301. The fourth-order valence-corrected chi connectivity index (χ4v) is 5.04. The minimum atomic E-state index is -2.69. The molecule has 1 fully saturated rings. The molecule has 194 valence electrons. The minimum Gasteiger partial charge on any atom is -0.321 e. The first kappa shape index (κ1) is 23.4. The van der Waals surface area contributed by atoms with Gasteiger partial charge in [0.15, 0.2) is 17.1 Å². The monoisotopic (exact) mass is 527 g/mol. The number of aromatic amines is 2. The molecule has 1 aliphatic rings. The van der Waals surface area contributed by atoms with Crippen molar-refractivity contribution in [1.82, 2.24) is 45.0 Å². The molecular formula is C27H20F3N9. The van der Waals surface area contributed by atoms with E-state index < -0.39 is 11.7 Å². The van der Waals surface area contributed by atoms with Crippen molar-refractivity contribution in [2.75, 3.05) is 13.1 Å². The van der Waals surface area contributed by atoms with Crippen LogP contribution >= 0.6 is 0 Å². The molecule has 1 saturated heterocycles. The van der Waals surface area contributed by atoms with Crippen LogP contribution < -0.4 is 0 Å². The standard InChI is InChI=1S/C27H20F3N9/c28-21-19(17-9-15(10-32-11-17)13-39-8-4-27(29,30)14-39)12-34-24-20(21)23(37-38-24)26-35-22-18(3-7-33-25(22)36-26)16-1-5-31-6-2-16/h1-3,5-7,9-12H,4,8,13-14H2,(H,33,35,36)(H,34,37,38). The Balaban J connectivity index is 1.28.